The Hall–Kier alpha value is -2.42. The van der Waals surface area contributed by atoms with Gasteiger partial charge < -0.3 is 5.11 Å². The highest BCUT2D eigenvalue weighted by molar-refractivity contribution is 5.59. The summed E-state index contributed by atoms with van der Waals surface area (Å²) in [6, 6.07) is 11.7. The van der Waals surface area contributed by atoms with Crippen molar-refractivity contribution >= 4 is 11.4 Å². The van der Waals surface area contributed by atoms with Gasteiger partial charge in [0.15, 0.2) is 0 Å². The summed E-state index contributed by atoms with van der Waals surface area (Å²) in [5.41, 5.74) is 4.35. The van der Waals surface area contributed by atoms with Gasteiger partial charge in [0.2, 0.25) is 0 Å². The van der Waals surface area contributed by atoms with Gasteiger partial charge in [0.1, 0.15) is 11.4 Å². The van der Waals surface area contributed by atoms with E-state index in [1.165, 1.54) is 5.56 Å². The van der Waals surface area contributed by atoms with Crippen LogP contribution in [0.25, 0.3) is 0 Å². The zero-order chi connectivity index (χ0) is 17.0. The summed E-state index contributed by atoms with van der Waals surface area (Å²) >= 11 is 0. The number of hydrogen-bond donors (Lipinski definition) is 1. The molecule has 0 atom stereocenters. The zero-order valence-corrected chi connectivity index (χ0v) is 14.3. The molecule has 2 aromatic carbocycles. The third-order valence-electron chi connectivity index (χ3n) is 3.71. The van der Waals surface area contributed by atoms with Crippen molar-refractivity contribution in [2.45, 2.75) is 39.5 Å². The van der Waals surface area contributed by atoms with Gasteiger partial charge in [-0.05, 0) is 42.5 Å². The fourth-order valence-corrected chi connectivity index (χ4v) is 2.22. The number of rotatable bonds is 4. The standard InChI is InChI=1S/C20H24N2O/c1-6-7-15-12-16(20(3,4)5)13-18(19(15)23)22-21-17-10-8-14(2)9-11-17/h6,8-13,23H,1,7H2,2-5H3. The Kier molecular flexibility index (Phi) is 4.99. The summed E-state index contributed by atoms with van der Waals surface area (Å²) in [6.07, 6.45) is 2.38. The summed E-state index contributed by atoms with van der Waals surface area (Å²) in [5.74, 6) is 0.175. The number of aromatic hydroxyl groups is 1. The molecule has 0 unspecified atom stereocenters. The van der Waals surface area contributed by atoms with Crippen molar-refractivity contribution in [2.75, 3.05) is 0 Å². The van der Waals surface area contributed by atoms with Gasteiger partial charge in [-0.25, -0.2) is 0 Å². The highest BCUT2D eigenvalue weighted by Gasteiger charge is 2.18. The molecule has 120 valence electrons. The molecule has 23 heavy (non-hydrogen) atoms. The SMILES string of the molecule is C=CCc1cc(C(C)(C)C)cc(N=Nc2ccc(C)cc2)c1O. The lowest BCUT2D eigenvalue weighted by molar-refractivity contribution is 0.469. The van der Waals surface area contributed by atoms with E-state index in [0.29, 0.717) is 12.1 Å². The zero-order valence-electron chi connectivity index (χ0n) is 14.3. The Morgan fingerprint density at radius 2 is 1.74 bits per heavy atom. The van der Waals surface area contributed by atoms with Crippen molar-refractivity contribution in [3.63, 3.8) is 0 Å². The second-order valence-electron chi connectivity index (χ2n) is 6.78. The predicted molar refractivity (Wildman–Crippen MR) is 96.1 cm³/mol. The minimum atomic E-state index is -0.0300. The monoisotopic (exact) mass is 308 g/mol. The van der Waals surface area contributed by atoms with Gasteiger partial charge in [-0.3, -0.25) is 0 Å². The highest BCUT2D eigenvalue weighted by Crippen LogP contribution is 2.37. The number of phenols is 1. The number of aryl methyl sites for hydroxylation is 1. The van der Waals surface area contributed by atoms with Crippen LogP contribution in [-0.4, -0.2) is 5.11 Å². The Balaban J connectivity index is 2.45. The molecule has 1 N–H and O–H groups in total. The molecule has 0 bridgehead atoms. The van der Waals surface area contributed by atoms with E-state index in [0.717, 1.165) is 16.8 Å². The third-order valence-corrected chi connectivity index (χ3v) is 3.71. The minimum absolute atomic E-state index is 0.0300. The van der Waals surface area contributed by atoms with E-state index in [4.69, 9.17) is 0 Å². The van der Waals surface area contributed by atoms with Crippen molar-refractivity contribution in [1.82, 2.24) is 0 Å². The maximum absolute atomic E-state index is 10.4. The largest absolute Gasteiger partial charge is 0.505 e. The Bertz CT molecular complexity index is 723. The van der Waals surface area contributed by atoms with Crippen LogP contribution in [0.15, 0.2) is 59.3 Å². The van der Waals surface area contributed by atoms with Crippen LogP contribution < -0.4 is 0 Å². The second kappa shape index (κ2) is 6.78. The van der Waals surface area contributed by atoms with Crippen molar-refractivity contribution in [3.05, 3.63) is 65.7 Å². The van der Waals surface area contributed by atoms with Crippen LogP contribution in [0, 0.1) is 6.92 Å². The first-order valence-electron chi connectivity index (χ1n) is 7.77. The van der Waals surface area contributed by atoms with Crippen LogP contribution in [0.3, 0.4) is 0 Å². The van der Waals surface area contributed by atoms with E-state index < -0.39 is 0 Å². The molecule has 0 aliphatic rings. The molecular formula is C20H24N2O. The second-order valence-corrected chi connectivity index (χ2v) is 6.78. The van der Waals surface area contributed by atoms with Crippen molar-refractivity contribution in [3.8, 4) is 5.75 Å². The molecule has 0 fully saturated rings. The summed E-state index contributed by atoms with van der Waals surface area (Å²) in [5, 5.41) is 18.9. The summed E-state index contributed by atoms with van der Waals surface area (Å²) < 4.78 is 0. The average molecular weight is 308 g/mol. The summed E-state index contributed by atoms with van der Waals surface area (Å²) in [7, 11) is 0. The molecule has 0 saturated carbocycles. The maximum atomic E-state index is 10.4. The maximum Gasteiger partial charge on any atom is 0.146 e. The molecule has 2 aromatic rings. The highest BCUT2D eigenvalue weighted by atomic mass is 16.3. The number of benzene rings is 2. The first kappa shape index (κ1) is 16.9. The normalized spacial score (nSPS) is 11.8. The molecule has 0 amide bonds. The lowest BCUT2D eigenvalue weighted by Gasteiger charge is -2.21. The molecule has 0 aliphatic carbocycles. The van der Waals surface area contributed by atoms with Crippen LogP contribution in [0.1, 0.15) is 37.5 Å². The first-order valence-corrected chi connectivity index (χ1v) is 7.77. The van der Waals surface area contributed by atoms with Gasteiger partial charge in [-0.1, -0.05) is 50.6 Å². The van der Waals surface area contributed by atoms with Gasteiger partial charge >= 0.3 is 0 Å². The molecule has 0 heterocycles. The number of azo groups is 1. The van der Waals surface area contributed by atoms with Crippen molar-refractivity contribution < 1.29 is 5.11 Å². The number of allylic oxidation sites excluding steroid dienone is 1. The molecular weight excluding hydrogens is 284 g/mol. The van der Waals surface area contributed by atoms with Crippen molar-refractivity contribution in [1.29, 1.82) is 0 Å². The lowest BCUT2D eigenvalue weighted by Crippen LogP contribution is -2.11. The van der Waals surface area contributed by atoms with Gasteiger partial charge in [0.25, 0.3) is 0 Å². The number of phenolic OH excluding ortho intramolecular Hbond substituents is 1. The Morgan fingerprint density at radius 3 is 2.30 bits per heavy atom. The topological polar surface area (TPSA) is 45.0 Å². The quantitative estimate of drug-likeness (QED) is 0.535. The minimum Gasteiger partial charge on any atom is -0.505 e. The van der Waals surface area contributed by atoms with Crippen LogP contribution in [0.2, 0.25) is 0 Å². The fraction of sp³-hybridized carbons (Fsp3) is 0.300. The lowest BCUT2D eigenvalue weighted by atomic mass is 9.85. The van der Waals surface area contributed by atoms with Crippen molar-refractivity contribution in [2.24, 2.45) is 10.2 Å². The fourth-order valence-electron chi connectivity index (χ4n) is 2.22. The van der Waals surface area contributed by atoms with Gasteiger partial charge in [-0.15, -0.1) is 11.7 Å². The molecule has 0 aliphatic heterocycles. The molecule has 0 radical (unpaired) electrons. The van der Waals surface area contributed by atoms with E-state index >= 15 is 0 Å². The van der Waals surface area contributed by atoms with Crippen LogP contribution in [0.4, 0.5) is 11.4 Å². The van der Waals surface area contributed by atoms with Gasteiger partial charge in [-0.2, -0.15) is 5.11 Å². The van der Waals surface area contributed by atoms with Crippen LogP contribution in [0.5, 0.6) is 5.75 Å². The van der Waals surface area contributed by atoms with E-state index in [2.05, 4.69) is 37.6 Å². The molecule has 0 aromatic heterocycles. The smallest absolute Gasteiger partial charge is 0.146 e. The predicted octanol–water partition coefficient (Wildman–Crippen LogP) is 6.14. The van der Waals surface area contributed by atoms with E-state index in [1.807, 2.05) is 43.3 Å². The number of hydrogen-bond acceptors (Lipinski definition) is 3. The van der Waals surface area contributed by atoms with E-state index in [9.17, 15) is 5.11 Å². The van der Waals surface area contributed by atoms with Gasteiger partial charge in [0.05, 0.1) is 5.69 Å². The van der Waals surface area contributed by atoms with Gasteiger partial charge in [0, 0.05) is 5.56 Å². The first-order chi connectivity index (χ1) is 10.8. The van der Waals surface area contributed by atoms with Crippen LogP contribution >= 0.6 is 0 Å². The average Bonchev–Trinajstić information content (AvgIpc) is 2.49. The molecule has 3 nitrogen and oxygen atoms in total. The molecule has 2 rings (SSSR count). The van der Waals surface area contributed by atoms with E-state index in [1.54, 1.807) is 6.08 Å². The van der Waals surface area contributed by atoms with E-state index in [-0.39, 0.29) is 11.2 Å². The Morgan fingerprint density at radius 1 is 1.09 bits per heavy atom. The third kappa shape index (κ3) is 4.28. The summed E-state index contributed by atoms with van der Waals surface area (Å²) in [4.78, 5) is 0. The summed E-state index contributed by atoms with van der Waals surface area (Å²) in [6.45, 7) is 12.2. The molecule has 0 spiro atoms. The molecule has 3 heteroatoms. The number of nitrogens with zero attached hydrogens (tertiary/aromatic N) is 2. The van der Waals surface area contributed by atoms with Crippen LogP contribution in [-0.2, 0) is 11.8 Å². The Labute approximate surface area is 138 Å². The molecule has 0 saturated heterocycles.